The van der Waals surface area contributed by atoms with Crippen molar-refractivity contribution in [1.29, 1.82) is 0 Å². The Kier molecular flexibility index (Phi) is 2.17. The molecule has 0 amide bonds. The zero-order chi connectivity index (χ0) is 13.2. The molecule has 2 aliphatic carbocycles. The standard InChI is InChI=1S/C16H17FO2/c1-9-11-8-10(17)6-7-14(11)19-15(9)16(18)12-4-2-3-5-13(12)16/h6-8,12-13,18H,2-5H2,1H3. The molecule has 4 rings (SSSR count). The van der Waals surface area contributed by atoms with Crippen LogP contribution in [0.25, 0.3) is 11.0 Å². The van der Waals surface area contributed by atoms with Crippen LogP contribution in [0.15, 0.2) is 22.6 Å². The van der Waals surface area contributed by atoms with E-state index in [1.807, 2.05) is 6.92 Å². The Labute approximate surface area is 111 Å². The molecule has 2 aliphatic rings. The highest BCUT2D eigenvalue weighted by molar-refractivity contribution is 5.82. The number of benzene rings is 1. The maximum absolute atomic E-state index is 13.3. The molecule has 0 radical (unpaired) electrons. The molecule has 19 heavy (non-hydrogen) atoms. The second kappa shape index (κ2) is 3.60. The minimum atomic E-state index is -0.796. The lowest BCUT2D eigenvalue weighted by molar-refractivity contribution is 0.0930. The summed E-state index contributed by atoms with van der Waals surface area (Å²) in [5, 5.41) is 11.7. The minimum absolute atomic E-state index is 0.261. The molecule has 0 bridgehead atoms. The first-order valence-corrected chi connectivity index (χ1v) is 7.04. The summed E-state index contributed by atoms with van der Waals surface area (Å²) in [5.41, 5.74) is 0.771. The van der Waals surface area contributed by atoms with E-state index >= 15 is 0 Å². The van der Waals surface area contributed by atoms with E-state index in [2.05, 4.69) is 0 Å². The van der Waals surface area contributed by atoms with Crippen LogP contribution in [0.2, 0.25) is 0 Å². The molecule has 1 aromatic heterocycles. The Hall–Kier alpha value is -1.35. The number of hydrogen-bond donors (Lipinski definition) is 1. The average Bonchev–Trinajstić information content (AvgIpc) is 2.89. The van der Waals surface area contributed by atoms with Crippen LogP contribution in [0, 0.1) is 24.6 Å². The summed E-state index contributed by atoms with van der Waals surface area (Å²) in [4.78, 5) is 0. The molecule has 100 valence electrons. The number of halogens is 1. The van der Waals surface area contributed by atoms with Gasteiger partial charge in [-0.3, -0.25) is 0 Å². The summed E-state index contributed by atoms with van der Waals surface area (Å²) >= 11 is 0. The lowest BCUT2D eigenvalue weighted by Crippen LogP contribution is -2.10. The third-order valence-corrected chi connectivity index (χ3v) is 5.05. The lowest BCUT2D eigenvalue weighted by Gasteiger charge is -2.08. The number of aryl methyl sites for hydroxylation is 1. The fourth-order valence-electron chi connectivity index (χ4n) is 4.00. The van der Waals surface area contributed by atoms with Crippen molar-refractivity contribution in [2.24, 2.45) is 11.8 Å². The van der Waals surface area contributed by atoms with Crippen molar-refractivity contribution in [3.63, 3.8) is 0 Å². The topological polar surface area (TPSA) is 33.4 Å². The van der Waals surface area contributed by atoms with E-state index in [9.17, 15) is 9.50 Å². The summed E-state index contributed by atoms with van der Waals surface area (Å²) in [7, 11) is 0. The summed E-state index contributed by atoms with van der Waals surface area (Å²) in [6.07, 6.45) is 4.53. The van der Waals surface area contributed by atoms with Gasteiger partial charge in [-0.2, -0.15) is 0 Å². The van der Waals surface area contributed by atoms with Gasteiger partial charge in [0.25, 0.3) is 0 Å². The van der Waals surface area contributed by atoms with E-state index in [0.29, 0.717) is 23.2 Å². The number of furan rings is 1. The molecular weight excluding hydrogens is 243 g/mol. The number of fused-ring (bicyclic) bond motifs is 2. The van der Waals surface area contributed by atoms with Gasteiger partial charge in [-0.25, -0.2) is 4.39 Å². The van der Waals surface area contributed by atoms with Crippen LogP contribution >= 0.6 is 0 Å². The third kappa shape index (κ3) is 1.39. The van der Waals surface area contributed by atoms with E-state index in [1.165, 1.54) is 25.0 Å². The van der Waals surface area contributed by atoms with Crippen LogP contribution in [-0.4, -0.2) is 5.11 Å². The maximum atomic E-state index is 13.3. The predicted octanol–water partition coefficient (Wildman–Crippen LogP) is 3.89. The van der Waals surface area contributed by atoms with Crippen molar-refractivity contribution in [3.05, 3.63) is 35.3 Å². The van der Waals surface area contributed by atoms with Crippen molar-refractivity contribution < 1.29 is 13.9 Å². The van der Waals surface area contributed by atoms with Gasteiger partial charge in [0.15, 0.2) is 0 Å². The fourth-order valence-corrected chi connectivity index (χ4v) is 4.00. The van der Waals surface area contributed by atoms with Gasteiger partial charge in [0, 0.05) is 22.8 Å². The second-order valence-corrected chi connectivity index (χ2v) is 6.02. The van der Waals surface area contributed by atoms with Gasteiger partial charge < -0.3 is 9.52 Å². The molecule has 0 aliphatic heterocycles. The molecule has 2 unspecified atom stereocenters. The zero-order valence-corrected chi connectivity index (χ0v) is 10.9. The van der Waals surface area contributed by atoms with Gasteiger partial charge in [0.05, 0.1) is 0 Å². The van der Waals surface area contributed by atoms with Crippen LogP contribution in [-0.2, 0) is 5.60 Å². The first-order valence-electron chi connectivity index (χ1n) is 7.04. The van der Waals surface area contributed by atoms with Gasteiger partial charge in [-0.15, -0.1) is 0 Å². The quantitative estimate of drug-likeness (QED) is 0.844. The Morgan fingerprint density at radius 1 is 1.26 bits per heavy atom. The predicted molar refractivity (Wildman–Crippen MR) is 70.3 cm³/mol. The summed E-state index contributed by atoms with van der Waals surface area (Å²) in [6.45, 7) is 1.92. The Morgan fingerprint density at radius 3 is 2.63 bits per heavy atom. The number of hydrogen-bond acceptors (Lipinski definition) is 2. The first kappa shape index (κ1) is 11.5. The highest BCUT2D eigenvalue weighted by Crippen LogP contribution is 2.65. The SMILES string of the molecule is Cc1c(C2(O)C3CCCCC32)oc2ccc(F)cc12. The summed E-state index contributed by atoms with van der Waals surface area (Å²) in [6, 6.07) is 4.54. The van der Waals surface area contributed by atoms with Crippen LogP contribution in [0.4, 0.5) is 4.39 Å². The van der Waals surface area contributed by atoms with Crippen molar-refractivity contribution in [2.45, 2.75) is 38.2 Å². The number of rotatable bonds is 1. The summed E-state index contributed by atoms with van der Waals surface area (Å²) < 4.78 is 19.2. The Bertz CT molecular complexity index is 646. The molecular formula is C16H17FO2. The Morgan fingerprint density at radius 2 is 1.95 bits per heavy atom. The van der Waals surface area contributed by atoms with E-state index in [0.717, 1.165) is 23.8 Å². The number of aliphatic hydroxyl groups is 1. The fraction of sp³-hybridized carbons (Fsp3) is 0.500. The van der Waals surface area contributed by atoms with Crippen molar-refractivity contribution in [2.75, 3.05) is 0 Å². The van der Waals surface area contributed by atoms with E-state index in [4.69, 9.17) is 4.42 Å². The van der Waals surface area contributed by atoms with E-state index in [1.54, 1.807) is 6.07 Å². The van der Waals surface area contributed by atoms with Gasteiger partial charge in [0.2, 0.25) is 0 Å². The highest BCUT2D eigenvalue weighted by Gasteiger charge is 2.67. The first-order chi connectivity index (χ1) is 9.12. The van der Waals surface area contributed by atoms with Crippen molar-refractivity contribution in [3.8, 4) is 0 Å². The van der Waals surface area contributed by atoms with Crippen LogP contribution < -0.4 is 0 Å². The molecule has 1 heterocycles. The second-order valence-electron chi connectivity index (χ2n) is 6.02. The molecule has 0 spiro atoms. The van der Waals surface area contributed by atoms with E-state index < -0.39 is 5.60 Å². The highest BCUT2D eigenvalue weighted by atomic mass is 19.1. The van der Waals surface area contributed by atoms with Gasteiger partial charge in [-0.1, -0.05) is 12.8 Å². The van der Waals surface area contributed by atoms with Gasteiger partial charge in [0.1, 0.15) is 22.8 Å². The monoisotopic (exact) mass is 260 g/mol. The third-order valence-electron chi connectivity index (χ3n) is 5.05. The molecule has 2 fully saturated rings. The molecule has 1 N–H and O–H groups in total. The van der Waals surface area contributed by atoms with Gasteiger partial charge >= 0.3 is 0 Å². The lowest BCUT2D eigenvalue weighted by atomic mass is 10.0. The largest absolute Gasteiger partial charge is 0.458 e. The Balaban J connectivity index is 1.86. The summed E-state index contributed by atoms with van der Waals surface area (Å²) in [5.74, 6) is 1.09. The van der Waals surface area contributed by atoms with Crippen LogP contribution in [0.1, 0.15) is 37.0 Å². The van der Waals surface area contributed by atoms with Gasteiger partial charge in [-0.05, 0) is 38.0 Å². The van der Waals surface area contributed by atoms with Crippen LogP contribution in [0.3, 0.4) is 0 Å². The normalized spacial score (nSPS) is 33.4. The zero-order valence-electron chi connectivity index (χ0n) is 10.9. The molecule has 2 aromatic rings. The molecule has 2 nitrogen and oxygen atoms in total. The molecule has 0 saturated heterocycles. The van der Waals surface area contributed by atoms with Crippen molar-refractivity contribution in [1.82, 2.24) is 0 Å². The smallest absolute Gasteiger partial charge is 0.140 e. The molecule has 2 saturated carbocycles. The van der Waals surface area contributed by atoms with Crippen LogP contribution in [0.5, 0.6) is 0 Å². The maximum Gasteiger partial charge on any atom is 0.140 e. The van der Waals surface area contributed by atoms with Crippen molar-refractivity contribution >= 4 is 11.0 Å². The van der Waals surface area contributed by atoms with E-state index in [-0.39, 0.29) is 5.82 Å². The average molecular weight is 260 g/mol. The molecule has 3 heteroatoms. The minimum Gasteiger partial charge on any atom is -0.458 e. The molecule has 2 atom stereocenters. The molecule has 1 aromatic carbocycles.